The second-order valence-electron chi connectivity index (χ2n) is 8.31. The van der Waals surface area contributed by atoms with Crippen molar-refractivity contribution in [3.05, 3.63) is 12.2 Å². The lowest BCUT2D eigenvalue weighted by molar-refractivity contribution is -0.166. The summed E-state index contributed by atoms with van der Waals surface area (Å²) in [5.74, 6) is 0.312. The molecule has 4 nitrogen and oxygen atoms in total. The summed E-state index contributed by atoms with van der Waals surface area (Å²) < 4.78 is 0. The van der Waals surface area contributed by atoms with Crippen LogP contribution in [0.4, 0.5) is 0 Å². The molecule has 4 rings (SSSR count). The van der Waals surface area contributed by atoms with E-state index in [4.69, 9.17) is 0 Å². The highest BCUT2D eigenvalue weighted by molar-refractivity contribution is 5.94. The molecule has 0 saturated heterocycles. The molecule has 0 aliphatic heterocycles. The number of aliphatic carboxylic acids is 1. The van der Waals surface area contributed by atoms with Gasteiger partial charge in [0.05, 0.1) is 5.41 Å². The Morgan fingerprint density at radius 3 is 2.70 bits per heavy atom. The molecule has 4 aliphatic carbocycles. The van der Waals surface area contributed by atoms with Gasteiger partial charge in [0, 0.05) is 18.3 Å². The predicted molar refractivity (Wildman–Crippen MR) is 83.6 cm³/mol. The minimum atomic E-state index is -0.885. The molecular formula is C19H24O4. The monoisotopic (exact) mass is 316 g/mol. The molecule has 124 valence electrons. The molecular weight excluding hydrogens is 292 g/mol. The zero-order valence-electron chi connectivity index (χ0n) is 13.6. The fourth-order valence-corrected chi connectivity index (χ4v) is 6.47. The number of hydrogen-bond acceptors (Lipinski definition) is 3. The maximum atomic E-state index is 12.4. The molecule has 0 spiro atoms. The van der Waals surface area contributed by atoms with E-state index in [0.29, 0.717) is 30.5 Å². The number of ketones is 2. The van der Waals surface area contributed by atoms with Crippen LogP contribution in [0.5, 0.6) is 0 Å². The summed E-state index contributed by atoms with van der Waals surface area (Å²) in [5, 5.41) is 10.1. The normalized spacial score (nSPS) is 48.6. The second-order valence-corrected chi connectivity index (χ2v) is 8.31. The molecule has 0 bridgehead atoms. The Kier molecular flexibility index (Phi) is 3.14. The number of carboxylic acids is 1. The van der Waals surface area contributed by atoms with Gasteiger partial charge in [0.25, 0.3) is 0 Å². The third-order valence-corrected chi connectivity index (χ3v) is 7.65. The van der Waals surface area contributed by atoms with Gasteiger partial charge in [-0.1, -0.05) is 13.0 Å². The smallest absolute Gasteiger partial charge is 0.314 e. The van der Waals surface area contributed by atoms with Crippen LogP contribution in [-0.4, -0.2) is 22.6 Å². The lowest BCUT2D eigenvalue weighted by atomic mass is 9.46. The minimum absolute atomic E-state index is 0.0574. The summed E-state index contributed by atoms with van der Waals surface area (Å²) >= 11 is 0. The fourth-order valence-electron chi connectivity index (χ4n) is 6.47. The third kappa shape index (κ3) is 1.81. The molecule has 0 aromatic carbocycles. The molecule has 1 unspecified atom stereocenters. The largest absolute Gasteiger partial charge is 0.481 e. The van der Waals surface area contributed by atoms with E-state index in [-0.39, 0.29) is 23.0 Å². The zero-order chi connectivity index (χ0) is 16.4. The summed E-state index contributed by atoms with van der Waals surface area (Å²) in [6, 6.07) is 0. The van der Waals surface area contributed by atoms with E-state index in [2.05, 4.69) is 6.92 Å². The first-order chi connectivity index (χ1) is 10.9. The Hall–Kier alpha value is -1.45. The van der Waals surface area contributed by atoms with E-state index in [1.165, 1.54) is 6.08 Å². The van der Waals surface area contributed by atoms with Gasteiger partial charge in [0.1, 0.15) is 5.78 Å². The average molecular weight is 316 g/mol. The Morgan fingerprint density at radius 2 is 1.96 bits per heavy atom. The molecule has 1 N–H and O–H groups in total. The molecule has 6 atom stereocenters. The van der Waals surface area contributed by atoms with Crippen LogP contribution in [0.15, 0.2) is 12.2 Å². The molecule has 3 fully saturated rings. The van der Waals surface area contributed by atoms with Gasteiger partial charge in [-0.2, -0.15) is 0 Å². The van der Waals surface area contributed by atoms with Crippen molar-refractivity contribution >= 4 is 17.5 Å². The quantitative estimate of drug-likeness (QED) is 0.807. The highest BCUT2D eigenvalue weighted by Crippen LogP contribution is 2.64. The number of fused-ring (bicyclic) bond motifs is 5. The van der Waals surface area contributed by atoms with Crippen LogP contribution in [0, 0.1) is 34.5 Å². The van der Waals surface area contributed by atoms with Gasteiger partial charge in [-0.25, -0.2) is 0 Å². The van der Waals surface area contributed by atoms with Crippen LogP contribution in [0.25, 0.3) is 0 Å². The van der Waals surface area contributed by atoms with Gasteiger partial charge < -0.3 is 5.11 Å². The summed E-state index contributed by atoms with van der Waals surface area (Å²) in [6.07, 6.45) is 8.52. The lowest BCUT2D eigenvalue weighted by Gasteiger charge is -2.56. The van der Waals surface area contributed by atoms with Crippen molar-refractivity contribution < 1.29 is 19.5 Å². The first-order valence-corrected chi connectivity index (χ1v) is 8.88. The van der Waals surface area contributed by atoms with Gasteiger partial charge >= 0.3 is 5.97 Å². The van der Waals surface area contributed by atoms with Gasteiger partial charge in [0.15, 0.2) is 5.78 Å². The van der Waals surface area contributed by atoms with Crippen LogP contribution >= 0.6 is 0 Å². The number of carboxylic acid groups (broad SMARTS) is 1. The van der Waals surface area contributed by atoms with Crippen molar-refractivity contribution in [1.29, 1.82) is 0 Å². The van der Waals surface area contributed by atoms with Gasteiger partial charge in [-0.15, -0.1) is 0 Å². The van der Waals surface area contributed by atoms with E-state index in [1.54, 1.807) is 6.08 Å². The molecule has 23 heavy (non-hydrogen) atoms. The number of carbonyl (C=O) groups is 3. The Balaban J connectivity index is 1.77. The van der Waals surface area contributed by atoms with E-state index >= 15 is 0 Å². The maximum absolute atomic E-state index is 12.4. The van der Waals surface area contributed by atoms with Crippen LogP contribution in [0.1, 0.15) is 51.9 Å². The predicted octanol–water partition coefficient (Wildman–Crippen LogP) is 3.01. The van der Waals surface area contributed by atoms with Crippen LogP contribution in [-0.2, 0) is 14.4 Å². The van der Waals surface area contributed by atoms with E-state index in [1.807, 2.05) is 0 Å². The van der Waals surface area contributed by atoms with Crippen molar-refractivity contribution in [2.45, 2.75) is 51.9 Å². The van der Waals surface area contributed by atoms with Crippen LogP contribution in [0.2, 0.25) is 0 Å². The number of carbonyl (C=O) groups excluding carboxylic acids is 2. The summed E-state index contributed by atoms with van der Waals surface area (Å²) in [6.45, 7) is 2.10. The number of hydrogen-bond donors (Lipinski definition) is 1. The Morgan fingerprint density at radius 1 is 1.17 bits per heavy atom. The average Bonchev–Trinajstić information content (AvgIpc) is 2.82. The molecule has 4 heteroatoms. The van der Waals surface area contributed by atoms with Crippen LogP contribution in [0.3, 0.4) is 0 Å². The third-order valence-electron chi connectivity index (χ3n) is 7.65. The van der Waals surface area contributed by atoms with Gasteiger partial charge in [0.2, 0.25) is 0 Å². The highest BCUT2D eigenvalue weighted by Gasteiger charge is 2.63. The maximum Gasteiger partial charge on any atom is 0.314 e. The molecule has 4 aliphatic rings. The van der Waals surface area contributed by atoms with Crippen molar-refractivity contribution in [2.24, 2.45) is 34.5 Å². The summed E-state index contributed by atoms with van der Waals surface area (Å²) in [5.41, 5.74) is -1.12. The lowest BCUT2D eigenvalue weighted by Crippen LogP contribution is -2.56. The SMILES string of the molecule is C[C@]12CC[C@@H]3[C@@H](CCC4CC(=O)C=C[C@@]43C(=O)O)[C@@H]1CCC2=O. The molecule has 0 radical (unpaired) electrons. The zero-order valence-corrected chi connectivity index (χ0v) is 13.6. The molecule has 0 heterocycles. The van der Waals surface area contributed by atoms with Gasteiger partial charge in [-0.3, -0.25) is 14.4 Å². The number of allylic oxidation sites excluding steroid dienone is 1. The van der Waals surface area contributed by atoms with Gasteiger partial charge in [-0.05, 0) is 61.9 Å². The van der Waals surface area contributed by atoms with E-state index < -0.39 is 11.4 Å². The fraction of sp³-hybridized carbons (Fsp3) is 0.737. The van der Waals surface area contributed by atoms with E-state index in [0.717, 1.165) is 32.1 Å². The standard InChI is InChI=1S/C19H24O4/c1-18-8-7-15-13(14(18)4-5-16(18)21)3-2-11-10-12(20)6-9-19(11,15)17(22)23/h6,9,11,13-15H,2-5,7-8,10H2,1H3,(H,22,23)/t11?,13-,14-,15+,18-,19+/m0/s1. The minimum Gasteiger partial charge on any atom is -0.481 e. The molecule has 0 aromatic rings. The molecule has 3 saturated carbocycles. The van der Waals surface area contributed by atoms with Crippen molar-refractivity contribution in [3.8, 4) is 0 Å². The topological polar surface area (TPSA) is 71.4 Å². The molecule has 0 aromatic heterocycles. The summed E-state index contributed by atoms with van der Waals surface area (Å²) in [4.78, 5) is 36.4. The van der Waals surface area contributed by atoms with Crippen LogP contribution < -0.4 is 0 Å². The van der Waals surface area contributed by atoms with Crippen molar-refractivity contribution in [3.63, 3.8) is 0 Å². The highest BCUT2D eigenvalue weighted by atomic mass is 16.4. The first-order valence-electron chi connectivity index (χ1n) is 8.88. The second kappa shape index (κ2) is 4.78. The Labute approximate surface area is 136 Å². The first kappa shape index (κ1) is 15.1. The number of Topliss-reactive ketones (excluding diaryl/α,β-unsaturated/α-hetero) is 1. The Bertz CT molecular complexity index is 621. The molecule has 0 amide bonds. The number of rotatable bonds is 1. The van der Waals surface area contributed by atoms with Crippen molar-refractivity contribution in [2.75, 3.05) is 0 Å². The summed E-state index contributed by atoms with van der Waals surface area (Å²) in [7, 11) is 0. The van der Waals surface area contributed by atoms with E-state index in [9.17, 15) is 19.5 Å². The van der Waals surface area contributed by atoms with Crippen molar-refractivity contribution in [1.82, 2.24) is 0 Å².